The highest BCUT2D eigenvalue weighted by molar-refractivity contribution is 4.83. The highest BCUT2D eigenvalue weighted by Gasteiger charge is 2.28. The van der Waals surface area contributed by atoms with E-state index in [4.69, 9.17) is 0 Å². The lowest BCUT2D eigenvalue weighted by molar-refractivity contribution is 0.212. The van der Waals surface area contributed by atoms with Crippen LogP contribution in [0.15, 0.2) is 0 Å². The van der Waals surface area contributed by atoms with Crippen molar-refractivity contribution in [1.82, 2.24) is 5.32 Å². The molecule has 1 N–H and O–H groups in total. The largest absolute Gasteiger partial charge is 0.317 e. The van der Waals surface area contributed by atoms with Crippen LogP contribution in [0.5, 0.6) is 0 Å². The van der Waals surface area contributed by atoms with Crippen molar-refractivity contribution in [2.75, 3.05) is 7.05 Å². The van der Waals surface area contributed by atoms with Crippen LogP contribution in [-0.4, -0.2) is 13.1 Å². The van der Waals surface area contributed by atoms with Gasteiger partial charge < -0.3 is 5.32 Å². The van der Waals surface area contributed by atoms with Crippen LogP contribution in [0.4, 0.5) is 0 Å². The van der Waals surface area contributed by atoms with Gasteiger partial charge in [0.05, 0.1) is 0 Å². The lowest BCUT2D eigenvalue weighted by Gasteiger charge is -2.34. The molecule has 0 radical (unpaired) electrons. The minimum Gasteiger partial charge on any atom is -0.317 e. The SMILES string of the molecule is CNC(CC1CCCC1)C1CCC(C)CC1. The summed E-state index contributed by atoms with van der Waals surface area (Å²) < 4.78 is 0. The normalized spacial score (nSPS) is 34.1. The van der Waals surface area contributed by atoms with Gasteiger partial charge in [-0.1, -0.05) is 45.4 Å². The van der Waals surface area contributed by atoms with Crippen molar-refractivity contribution in [2.45, 2.75) is 70.8 Å². The average Bonchev–Trinajstić information content (AvgIpc) is 2.80. The second kappa shape index (κ2) is 6.05. The van der Waals surface area contributed by atoms with E-state index in [1.165, 1.54) is 57.8 Å². The van der Waals surface area contributed by atoms with Gasteiger partial charge in [0.15, 0.2) is 0 Å². The van der Waals surface area contributed by atoms with E-state index in [0.29, 0.717) is 0 Å². The average molecular weight is 223 g/mol. The molecule has 0 bridgehead atoms. The molecule has 2 rings (SSSR count). The number of nitrogens with one attached hydrogen (secondary N) is 1. The Kier molecular flexibility index (Phi) is 4.69. The molecule has 1 heteroatoms. The lowest BCUT2D eigenvalue weighted by Crippen LogP contribution is -2.37. The van der Waals surface area contributed by atoms with Gasteiger partial charge in [-0.2, -0.15) is 0 Å². The monoisotopic (exact) mass is 223 g/mol. The lowest BCUT2D eigenvalue weighted by atomic mass is 9.77. The summed E-state index contributed by atoms with van der Waals surface area (Å²) in [6, 6.07) is 0.815. The molecule has 1 nitrogen and oxygen atoms in total. The fourth-order valence-corrected chi connectivity index (χ4v) is 3.84. The standard InChI is InChI=1S/C15H29N/c1-12-7-9-14(10-8-12)15(16-2)11-13-5-3-4-6-13/h12-16H,3-11H2,1-2H3. The zero-order chi connectivity index (χ0) is 11.4. The van der Waals surface area contributed by atoms with Crippen LogP contribution in [0.1, 0.15) is 64.7 Å². The second-order valence-electron chi connectivity index (χ2n) is 6.30. The van der Waals surface area contributed by atoms with Crippen molar-refractivity contribution < 1.29 is 0 Å². The van der Waals surface area contributed by atoms with E-state index in [0.717, 1.165) is 23.8 Å². The molecule has 0 aliphatic heterocycles. The van der Waals surface area contributed by atoms with E-state index in [1.54, 1.807) is 0 Å². The predicted octanol–water partition coefficient (Wildman–Crippen LogP) is 3.98. The Hall–Kier alpha value is -0.0400. The summed E-state index contributed by atoms with van der Waals surface area (Å²) in [5, 5.41) is 3.61. The third kappa shape index (κ3) is 3.23. The third-order valence-electron chi connectivity index (χ3n) is 5.06. The molecule has 2 aliphatic carbocycles. The molecule has 2 fully saturated rings. The topological polar surface area (TPSA) is 12.0 Å². The molecule has 94 valence electrons. The first kappa shape index (κ1) is 12.4. The highest BCUT2D eigenvalue weighted by atomic mass is 14.9. The first-order chi connectivity index (χ1) is 7.79. The van der Waals surface area contributed by atoms with Crippen molar-refractivity contribution in [3.63, 3.8) is 0 Å². The van der Waals surface area contributed by atoms with Gasteiger partial charge in [-0.3, -0.25) is 0 Å². The Bertz CT molecular complexity index is 188. The summed E-state index contributed by atoms with van der Waals surface area (Å²) >= 11 is 0. The molecule has 2 aliphatic rings. The van der Waals surface area contributed by atoms with Gasteiger partial charge in [0.25, 0.3) is 0 Å². The van der Waals surface area contributed by atoms with Gasteiger partial charge in [0, 0.05) is 6.04 Å². The Morgan fingerprint density at radius 1 is 1.00 bits per heavy atom. The Labute approximate surface area is 101 Å². The van der Waals surface area contributed by atoms with Crippen LogP contribution in [0.2, 0.25) is 0 Å². The summed E-state index contributed by atoms with van der Waals surface area (Å²) in [6.45, 7) is 2.42. The first-order valence-corrected chi connectivity index (χ1v) is 7.47. The first-order valence-electron chi connectivity index (χ1n) is 7.47. The molecule has 1 atom stereocenters. The minimum absolute atomic E-state index is 0.815. The maximum Gasteiger partial charge on any atom is 0.00949 e. The number of hydrogen-bond acceptors (Lipinski definition) is 1. The molecule has 0 amide bonds. The van der Waals surface area contributed by atoms with Crippen LogP contribution in [0, 0.1) is 17.8 Å². The summed E-state index contributed by atoms with van der Waals surface area (Å²) in [6.07, 6.45) is 13.3. The van der Waals surface area contributed by atoms with Crippen LogP contribution in [-0.2, 0) is 0 Å². The van der Waals surface area contributed by atoms with E-state index in [2.05, 4.69) is 19.3 Å². The Balaban J connectivity index is 1.79. The summed E-state index contributed by atoms with van der Waals surface area (Å²) in [7, 11) is 2.18. The molecule has 16 heavy (non-hydrogen) atoms. The fourth-order valence-electron chi connectivity index (χ4n) is 3.84. The van der Waals surface area contributed by atoms with E-state index in [-0.39, 0.29) is 0 Å². The molecular weight excluding hydrogens is 194 g/mol. The van der Waals surface area contributed by atoms with E-state index in [9.17, 15) is 0 Å². The Morgan fingerprint density at radius 3 is 2.19 bits per heavy atom. The van der Waals surface area contributed by atoms with Gasteiger partial charge in [-0.25, -0.2) is 0 Å². The van der Waals surface area contributed by atoms with E-state index < -0.39 is 0 Å². The fraction of sp³-hybridized carbons (Fsp3) is 1.00. The molecule has 0 heterocycles. The summed E-state index contributed by atoms with van der Waals surface area (Å²) in [5.74, 6) is 3.00. The van der Waals surface area contributed by atoms with Gasteiger partial charge in [-0.05, 0) is 44.1 Å². The van der Waals surface area contributed by atoms with Crippen molar-refractivity contribution in [2.24, 2.45) is 17.8 Å². The minimum atomic E-state index is 0.815. The van der Waals surface area contributed by atoms with E-state index >= 15 is 0 Å². The molecule has 2 saturated carbocycles. The molecule has 0 aromatic carbocycles. The zero-order valence-electron chi connectivity index (χ0n) is 11.2. The van der Waals surface area contributed by atoms with Crippen molar-refractivity contribution in [3.05, 3.63) is 0 Å². The molecular formula is C15H29N. The third-order valence-corrected chi connectivity index (χ3v) is 5.06. The van der Waals surface area contributed by atoms with Crippen molar-refractivity contribution in [1.29, 1.82) is 0 Å². The predicted molar refractivity (Wildman–Crippen MR) is 70.5 cm³/mol. The van der Waals surface area contributed by atoms with Crippen LogP contribution < -0.4 is 5.32 Å². The zero-order valence-corrected chi connectivity index (χ0v) is 11.2. The quantitative estimate of drug-likeness (QED) is 0.760. The van der Waals surface area contributed by atoms with Crippen LogP contribution in [0.3, 0.4) is 0 Å². The molecule has 0 aromatic heterocycles. The van der Waals surface area contributed by atoms with Crippen LogP contribution >= 0.6 is 0 Å². The van der Waals surface area contributed by atoms with E-state index in [1.807, 2.05) is 0 Å². The maximum absolute atomic E-state index is 3.61. The number of rotatable bonds is 4. The highest BCUT2D eigenvalue weighted by Crippen LogP contribution is 2.35. The van der Waals surface area contributed by atoms with Gasteiger partial charge in [0.2, 0.25) is 0 Å². The van der Waals surface area contributed by atoms with Gasteiger partial charge in [0.1, 0.15) is 0 Å². The number of hydrogen-bond donors (Lipinski definition) is 1. The Morgan fingerprint density at radius 2 is 1.62 bits per heavy atom. The molecule has 0 saturated heterocycles. The molecule has 0 spiro atoms. The van der Waals surface area contributed by atoms with Crippen LogP contribution in [0.25, 0.3) is 0 Å². The molecule has 1 unspecified atom stereocenters. The van der Waals surface area contributed by atoms with Crippen molar-refractivity contribution >= 4 is 0 Å². The molecule has 0 aromatic rings. The summed E-state index contributed by atoms with van der Waals surface area (Å²) in [4.78, 5) is 0. The second-order valence-corrected chi connectivity index (χ2v) is 6.30. The maximum atomic E-state index is 3.61. The van der Waals surface area contributed by atoms with Gasteiger partial charge in [-0.15, -0.1) is 0 Å². The smallest absolute Gasteiger partial charge is 0.00949 e. The van der Waals surface area contributed by atoms with Crippen molar-refractivity contribution in [3.8, 4) is 0 Å². The summed E-state index contributed by atoms with van der Waals surface area (Å²) in [5.41, 5.74) is 0. The van der Waals surface area contributed by atoms with Gasteiger partial charge >= 0.3 is 0 Å².